The fourth-order valence-corrected chi connectivity index (χ4v) is 11.7. The number of unbranched alkanes of at least 4 members (excludes halogenated alkanes) is 5. The first kappa shape index (κ1) is 68.5. The number of thioether (sulfide) groups is 1. The SMILES string of the molecule is C=C(C)[C@H](NC(=O)CCCCCN1C(=O)C=CC1=O)C(=O)N[C@@H](CCCNC(N)=O)C(=O)Nc1ccc(COC(=O)NCCCCCCSCC(=O)N(C[C@@H]2CNC[C@@H]2F)[C@@H](c2nc(-c3cc(F)ccc3F)cn2Cc2ccccc2)C2CCOCC2)cc1. The molecule has 480 valence electrons. The normalized spacial score (nSPS) is 16.7. The Hall–Kier alpha value is -8.03. The van der Waals surface area contributed by atoms with Crippen LogP contribution < -0.4 is 37.6 Å². The van der Waals surface area contributed by atoms with Crippen LogP contribution >= 0.6 is 11.8 Å². The number of aromatic nitrogens is 2. The predicted molar refractivity (Wildman–Crippen MR) is 331 cm³/mol. The fraction of sp³-hybridized carbons (Fsp3) is 0.484. The number of carbonyl (C=O) groups is 8. The molecule has 0 radical (unpaired) electrons. The van der Waals surface area contributed by atoms with Gasteiger partial charge in [-0.2, -0.15) is 11.8 Å². The summed E-state index contributed by atoms with van der Waals surface area (Å²) in [5, 5.41) is 16.5. The predicted octanol–water partition coefficient (Wildman–Crippen LogP) is 7.37. The van der Waals surface area contributed by atoms with Crippen molar-refractivity contribution >= 4 is 65.0 Å². The van der Waals surface area contributed by atoms with E-state index in [9.17, 15) is 42.7 Å². The number of nitrogens with zero attached hydrogens (tertiary/aromatic N) is 4. The first-order chi connectivity index (χ1) is 42.9. The maximum absolute atomic E-state index is 15.5. The van der Waals surface area contributed by atoms with Crippen molar-refractivity contribution in [1.29, 1.82) is 0 Å². The average molecular weight is 1250 g/mol. The molecule has 3 aliphatic rings. The summed E-state index contributed by atoms with van der Waals surface area (Å²) in [7, 11) is 0. The van der Waals surface area contributed by atoms with Crippen molar-refractivity contribution in [2.24, 2.45) is 17.6 Å². The molecule has 3 aliphatic heterocycles. The lowest BCUT2D eigenvalue weighted by atomic mass is 9.88. The smallest absolute Gasteiger partial charge is 0.407 e. The molecule has 25 heteroatoms. The van der Waals surface area contributed by atoms with Crippen LogP contribution in [0, 0.1) is 23.5 Å². The van der Waals surface area contributed by atoms with Gasteiger partial charge in [-0.05, 0) is 117 Å². The number of nitrogens with two attached hydrogens (primary N) is 1. The largest absolute Gasteiger partial charge is 0.445 e. The number of hydrogen-bond donors (Lipinski definition) is 7. The zero-order valence-electron chi connectivity index (χ0n) is 50.3. The van der Waals surface area contributed by atoms with Gasteiger partial charge in [-0.25, -0.2) is 27.7 Å². The number of hydrogen-bond acceptors (Lipinski definition) is 13. The van der Waals surface area contributed by atoms with E-state index >= 15 is 8.78 Å². The number of ether oxygens (including phenoxy) is 2. The van der Waals surface area contributed by atoms with Gasteiger partial charge in [0, 0.05) is 101 Å². The van der Waals surface area contributed by atoms with E-state index in [1.807, 2.05) is 34.9 Å². The maximum Gasteiger partial charge on any atom is 0.407 e. The molecule has 21 nitrogen and oxygen atoms in total. The number of primary amides is 1. The van der Waals surface area contributed by atoms with E-state index in [-0.39, 0.29) is 92.7 Å². The lowest BCUT2D eigenvalue weighted by molar-refractivity contribution is -0.137. The van der Waals surface area contributed by atoms with Gasteiger partial charge in [-0.1, -0.05) is 68.3 Å². The number of imidazole rings is 1. The number of amides is 9. The second-order valence-corrected chi connectivity index (χ2v) is 23.7. The molecule has 0 saturated carbocycles. The quantitative estimate of drug-likeness (QED) is 0.0135. The van der Waals surface area contributed by atoms with Crippen LogP contribution in [-0.4, -0.2) is 149 Å². The van der Waals surface area contributed by atoms with Gasteiger partial charge in [0.2, 0.25) is 23.6 Å². The number of urea groups is 1. The van der Waals surface area contributed by atoms with E-state index < -0.39 is 71.7 Å². The first-order valence-corrected chi connectivity index (χ1v) is 31.6. The molecule has 7 rings (SSSR count). The van der Waals surface area contributed by atoms with Crippen LogP contribution in [-0.2, 0) is 51.4 Å². The number of alkyl carbamates (subject to hydrolysis) is 1. The van der Waals surface area contributed by atoms with Crippen molar-refractivity contribution in [3.63, 3.8) is 0 Å². The molecule has 4 heterocycles. The van der Waals surface area contributed by atoms with Crippen LogP contribution in [0.2, 0.25) is 0 Å². The van der Waals surface area contributed by atoms with Crippen LogP contribution in [0.5, 0.6) is 0 Å². The Bertz CT molecular complexity index is 3080. The minimum atomic E-state index is -1.16. The Kier molecular flexibility index (Phi) is 27.1. The van der Waals surface area contributed by atoms with Crippen molar-refractivity contribution < 1.29 is 61.0 Å². The molecule has 0 aliphatic carbocycles. The van der Waals surface area contributed by atoms with Crippen molar-refractivity contribution in [2.45, 2.75) is 121 Å². The van der Waals surface area contributed by atoms with E-state index in [0.29, 0.717) is 99.8 Å². The Balaban J connectivity index is 0.844. The number of imide groups is 1. The van der Waals surface area contributed by atoms with Crippen LogP contribution in [0.25, 0.3) is 11.3 Å². The summed E-state index contributed by atoms with van der Waals surface area (Å²) in [6, 6.07) is 15.9. The number of halogens is 3. The Morgan fingerprint density at radius 2 is 1.57 bits per heavy atom. The van der Waals surface area contributed by atoms with Gasteiger partial charge in [-0.15, -0.1) is 0 Å². The van der Waals surface area contributed by atoms with Gasteiger partial charge in [0.1, 0.15) is 42.3 Å². The monoisotopic (exact) mass is 1250 g/mol. The van der Waals surface area contributed by atoms with Crippen LogP contribution in [0.4, 0.5) is 28.4 Å². The zero-order valence-corrected chi connectivity index (χ0v) is 51.1. The van der Waals surface area contributed by atoms with E-state index in [0.717, 1.165) is 47.9 Å². The second-order valence-electron chi connectivity index (χ2n) is 22.6. The number of rotatable bonds is 35. The molecule has 2 fully saturated rings. The summed E-state index contributed by atoms with van der Waals surface area (Å²) in [6.45, 7) is 8.14. The van der Waals surface area contributed by atoms with Crippen molar-refractivity contribution in [3.05, 3.63) is 132 Å². The lowest BCUT2D eigenvalue weighted by Crippen LogP contribution is -2.53. The van der Waals surface area contributed by atoms with Gasteiger partial charge in [0.25, 0.3) is 11.8 Å². The highest BCUT2D eigenvalue weighted by molar-refractivity contribution is 7.99. The van der Waals surface area contributed by atoms with Gasteiger partial charge in [-0.3, -0.25) is 33.7 Å². The Morgan fingerprint density at radius 3 is 2.28 bits per heavy atom. The van der Waals surface area contributed by atoms with Gasteiger partial charge < -0.3 is 56.6 Å². The number of benzene rings is 3. The van der Waals surface area contributed by atoms with E-state index in [4.69, 9.17) is 20.2 Å². The maximum atomic E-state index is 15.5. The molecule has 2 saturated heterocycles. The van der Waals surface area contributed by atoms with Gasteiger partial charge >= 0.3 is 12.1 Å². The van der Waals surface area contributed by atoms with Crippen molar-refractivity contribution in [2.75, 3.05) is 69.3 Å². The molecule has 4 aromatic rings. The van der Waals surface area contributed by atoms with E-state index in [1.165, 1.54) is 23.9 Å². The van der Waals surface area contributed by atoms with Crippen LogP contribution in [0.15, 0.2) is 103 Å². The molecular formula is C64H82F3N11O10S. The minimum absolute atomic E-state index is 0.00358. The molecule has 89 heavy (non-hydrogen) atoms. The van der Waals surface area contributed by atoms with Crippen molar-refractivity contribution in [3.8, 4) is 11.3 Å². The van der Waals surface area contributed by atoms with E-state index in [2.05, 4.69) is 38.5 Å². The van der Waals surface area contributed by atoms with Gasteiger partial charge in [0.05, 0.1) is 17.5 Å². The summed E-state index contributed by atoms with van der Waals surface area (Å²) in [6.07, 6.45) is 8.67. The van der Waals surface area contributed by atoms with Crippen LogP contribution in [0.1, 0.15) is 107 Å². The molecule has 0 unspecified atom stereocenters. The molecule has 1 aromatic heterocycles. The number of nitrogens with one attached hydrogen (secondary N) is 6. The molecule has 0 spiro atoms. The summed E-state index contributed by atoms with van der Waals surface area (Å²) in [4.78, 5) is 110. The zero-order chi connectivity index (χ0) is 63.7. The molecule has 9 amide bonds. The number of alkyl halides is 1. The van der Waals surface area contributed by atoms with E-state index in [1.54, 1.807) is 42.3 Å². The minimum Gasteiger partial charge on any atom is -0.445 e. The standard InChI is InChI=1S/C64H82F3N11O10S/c1-42(2)58(75-54(79)17-9-6-11-30-77-55(80)24-25-56(77)81)62(84)74-52(16-13-29-70-63(68)85)61(83)72-48-21-18-44(19-22-48)40-88-64(86)71-28-10-3-4-12-33-89-41-57(82)78(38-46-35-69-36-51(46)67)59(45-26-31-87-32-27-45)60-73-53(49-34-47(65)20-23-50(49)66)39-76(60)37-43-14-7-5-8-15-43/h5,7-8,14-15,18-25,34,39,45-46,51-52,58-59,69H,1,3-4,6,9-13,16-17,26-33,35-38,40-41H2,2H3,(H,71,86)(H,72,83)(H,74,84)(H,75,79)(H3,68,70,85)/t46-,51-,52-,58-,59+/m0/s1. The third-order valence-electron chi connectivity index (χ3n) is 15.7. The Morgan fingerprint density at radius 1 is 0.854 bits per heavy atom. The van der Waals surface area contributed by atoms with Crippen molar-refractivity contribution in [1.82, 2.24) is 45.9 Å². The third-order valence-corrected chi connectivity index (χ3v) is 16.7. The highest BCUT2D eigenvalue weighted by Gasteiger charge is 2.40. The second kappa shape index (κ2) is 35.2. The highest BCUT2D eigenvalue weighted by Crippen LogP contribution is 2.39. The summed E-state index contributed by atoms with van der Waals surface area (Å²) in [5.41, 5.74) is 7.73. The topological polar surface area (TPSA) is 278 Å². The molecular weight excluding hydrogens is 1170 g/mol. The average Bonchev–Trinajstić information content (AvgIpc) is 2.05. The molecule has 5 atom stereocenters. The number of carbonyl (C=O) groups excluding carboxylic acids is 8. The first-order valence-electron chi connectivity index (χ1n) is 30.4. The molecule has 0 bridgehead atoms. The fourth-order valence-electron chi connectivity index (χ4n) is 10.8. The third kappa shape index (κ3) is 21.6. The molecule has 3 aromatic carbocycles. The Labute approximate surface area is 521 Å². The molecule has 8 N–H and O–H groups in total. The summed E-state index contributed by atoms with van der Waals surface area (Å²) >= 11 is 1.50. The number of anilines is 1. The summed E-state index contributed by atoms with van der Waals surface area (Å²) in [5.74, 6) is -3.03. The lowest BCUT2D eigenvalue weighted by Gasteiger charge is -2.40. The van der Waals surface area contributed by atoms with Crippen LogP contribution in [0.3, 0.4) is 0 Å². The van der Waals surface area contributed by atoms with Gasteiger partial charge in [0.15, 0.2) is 0 Å². The highest BCUT2D eigenvalue weighted by atomic mass is 32.2. The summed E-state index contributed by atoms with van der Waals surface area (Å²) < 4.78 is 58.6.